The van der Waals surface area contributed by atoms with Crippen LogP contribution < -0.4 is 0 Å². The zero-order chi connectivity index (χ0) is 30.7. The Balaban J connectivity index is 1.54. The number of nitrogens with zero attached hydrogens (tertiary/aromatic N) is 3. The Morgan fingerprint density at radius 1 is 0.884 bits per heavy atom. The van der Waals surface area contributed by atoms with Crippen molar-refractivity contribution in [2.24, 2.45) is 0 Å². The first kappa shape index (κ1) is 29.2. The van der Waals surface area contributed by atoms with Crippen molar-refractivity contribution in [3.05, 3.63) is 105 Å². The van der Waals surface area contributed by atoms with Gasteiger partial charge >= 0.3 is 6.18 Å². The van der Waals surface area contributed by atoms with Gasteiger partial charge in [0.05, 0.1) is 28.2 Å². The zero-order valence-corrected chi connectivity index (χ0v) is 25.8. The second-order valence-corrected chi connectivity index (χ2v) is 12.2. The minimum Gasteiger partial charge on any atom is -0.361 e. The summed E-state index contributed by atoms with van der Waals surface area (Å²) >= 11 is 0. The lowest BCUT2D eigenvalue weighted by molar-refractivity contribution is -0.137. The summed E-state index contributed by atoms with van der Waals surface area (Å²) in [4.78, 5) is 5.81. The van der Waals surface area contributed by atoms with Crippen LogP contribution in [0.25, 0.3) is 27.8 Å². The number of halogens is 3. The Morgan fingerprint density at radius 2 is 1.56 bits per heavy atom. The van der Waals surface area contributed by atoms with Crippen molar-refractivity contribution in [1.29, 1.82) is 0 Å². The van der Waals surface area contributed by atoms with Crippen molar-refractivity contribution in [3.63, 3.8) is 0 Å². The van der Waals surface area contributed by atoms with Gasteiger partial charge in [-0.1, -0.05) is 57.2 Å². The van der Waals surface area contributed by atoms with E-state index in [4.69, 9.17) is 5.10 Å². The number of rotatable bonds is 7. The minimum atomic E-state index is -4.35. The lowest BCUT2D eigenvalue weighted by atomic mass is 9.95. The maximum atomic E-state index is 13.4. The van der Waals surface area contributed by atoms with Crippen LogP contribution in [-0.2, 0) is 44.1 Å². The number of H-pyrrole nitrogens is 1. The highest BCUT2D eigenvalue weighted by Gasteiger charge is 2.43. The molecule has 6 rings (SSSR count). The molecule has 2 aromatic heterocycles. The molecule has 3 heterocycles. The first-order chi connectivity index (χ1) is 20.5. The van der Waals surface area contributed by atoms with Gasteiger partial charge in [-0.3, -0.25) is 4.90 Å². The number of aromatic nitrogens is 3. The first-order valence-corrected chi connectivity index (χ1v) is 15.2. The third kappa shape index (κ3) is 4.78. The Morgan fingerprint density at radius 3 is 2.19 bits per heavy atom. The average molecular weight is 585 g/mol. The number of para-hydroxylation sites is 1. The van der Waals surface area contributed by atoms with E-state index < -0.39 is 17.3 Å². The number of benzene rings is 3. The van der Waals surface area contributed by atoms with Crippen LogP contribution in [0.3, 0.4) is 0 Å². The number of fused-ring (bicyclic) bond motifs is 2. The molecule has 0 spiro atoms. The van der Waals surface area contributed by atoms with Crippen molar-refractivity contribution >= 4 is 10.9 Å². The van der Waals surface area contributed by atoms with Gasteiger partial charge < -0.3 is 4.98 Å². The van der Waals surface area contributed by atoms with Crippen molar-refractivity contribution in [3.8, 4) is 16.9 Å². The van der Waals surface area contributed by atoms with Gasteiger partial charge in [0.2, 0.25) is 0 Å². The molecular formula is C36H39F3N4. The molecular weight excluding hydrogens is 545 g/mol. The summed E-state index contributed by atoms with van der Waals surface area (Å²) in [6.07, 6.45) is 0.373. The van der Waals surface area contributed by atoms with Crippen LogP contribution >= 0.6 is 0 Å². The smallest absolute Gasteiger partial charge is 0.361 e. The van der Waals surface area contributed by atoms with E-state index in [9.17, 15) is 13.2 Å². The molecule has 3 aromatic carbocycles. The lowest BCUT2D eigenvalue weighted by Crippen LogP contribution is -2.36. The third-order valence-electron chi connectivity index (χ3n) is 9.36. The van der Waals surface area contributed by atoms with E-state index in [2.05, 4.69) is 85.6 Å². The van der Waals surface area contributed by atoms with E-state index in [1.807, 2.05) is 6.20 Å². The van der Waals surface area contributed by atoms with E-state index in [1.54, 1.807) is 13.0 Å². The molecule has 0 amide bonds. The normalized spacial score (nSPS) is 15.0. The summed E-state index contributed by atoms with van der Waals surface area (Å²) in [6, 6.07) is 17.2. The maximum Gasteiger partial charge on any atom is 0.416 e. The molecule has 224 valence electrons. The fraction of sp³-hybridized carbons (Fsp3) is 0.361. The fourth-order valence-electron chi connectivity index (χ4n) is 6.78. The molecule has 0 saturated carbocycles. The van der Waals surface area contributed by atoms with E-state index in [0.29, 0.717) is 18.7 Å². The van der Waals surface area contributed by atoms with Gasteiger partial charge in [-0.25, -0.2) is 4.68 Å². The monoisotopic (exact) mass is 584 g/mol. The minimum absolute atomic E-state index is 0.432. The van der Waals surface area contributed by atoms with Gasteiger partial charge in [-0.05, 0) is 86.1 Å². The van der Waals surface area contributed by atoms with Gasteiger partial charge in [0, 0.05) is 41.3 Å². The predicted molar refractivity (Wildman–Crippen MR) is 167 cm³/mol. The highest BCUT2D eigenvalue weighted by molar-refractivity contribution is 5.97. The molecule has 1 aliphatic rings. The van der Waals surface area contributed by atoms with Crippen LogP contribution in [0.2, 0.25) is 0 Å². The summed E-state index contributed by atoms with van der Waals surface area (Å²) in [5, 5.41) is 6.59. The molecule has 0 unspecified atom stereocenters. The largest absolute Gasteiger partial charge is 0.416 e. The molecule has 0 fully saturated rings. The molecule has 5 aromatic rings. The first-order valence-electron chi connectivity index (χ1n) is 15.2. The van der Waals surface area contributed by atoms with Crippen LogP contribution in [0.1, 0.15) is 79.3 Å². The van der Waals surface area contributed by atoms with Crippen LogP contribution in [0, 0.1) is 6.92 Å². The topological polar surface area (TPSA) is 36.9 Å². The molecule has 0 saturated heterocycles. The second kappa shape index (κ2) is 10.7. The van der Waals surface area contributed by atoms with Crippen LogP contribution in [0.15, 0.2) is 60.8 Å². The van der Waals surface area contributed by atoms with E-state index in [0.717, 1.165) is 53.0 Å². The SMILES string of the molecule is CCc1cccc(CC)c1-n1nc2c(c1-c1ccc(CC)c3[nH]ccc13)CN(Cc1ccc(C(F)(F)F)cc1C)C2(C)C. The Hall–Kier alpha value is -3.84. The summed E-state index contributed by atoms with van der Waals surface area (Å²) in [5.74, 6) is 0. The number of hydrogen-bond acceptors (Lipinski definition) is 2. The quantitative estimate of drug-likeness (QED) is 0.207. The zero-order valence-electron chi connectivity index (χ0n) is 25.8. The van der Waals surface area contributed by atoms with Crippen molar-refractivity contribution in [1.82, 2.24) is 19.7 Å². The summed E-state index contributed by atoms with van der Waals surface area (Å²) in [7, 11) is 0. The number of nitrogens with one attached hydrogen (secondary N) is 1. The number of alkyl halides is 3. The molecule has 4 nitrogen and oxygen atoms in total. The Labute approximate surface area is 251 Å². The van der Waals surface area contributed by atoms with E-state index in [1.165, 1.54) is 39.8 Å². The Bertz CT molecular complexity index is 1800. The van der Waals surface area contributed by atoms with Crippen molar-refractivity contribution in [2.45, 2.75) is 85.6 Å². The molecule has 0 radical (unpaired) electrons. The summed E-state index contributed by atoms with van der Waals surface area (Å²) in [6.45, 7) is 13.9. The van der Waals surface area contributed by atoms with Gasteiger partial charge in [0.15, 0.2) is 0 Å². The molecule has 0 atom stereocenters. The van der Waals surface area contributed by atoms with Crippen LogP contribution in [0.4, 0.5) is 13.2 Å². The van der Waals surface area contributed by atoms with Gasteiger partial charge in [0.25, 0.3) is 0 Å². The second-order valence-electron chi connectivity index (χ2n) is 12.2. The van der Waals surface area contributed by atoms with Crippen LogP contribution in [0.5, 0.6) is 0 Å². The summed E-state index contributed by atoms with van der Waals surface area (Å²) < 4.78 is 42.3. The van der Waals surface area contributed by atoms with E-state index in [-0.39, 0.29) is 0 Å². The highest BCUT2D eigenvalue weighted by Crippen LogP contribution is 2.46. The third-order valence-corrected chi connectivity index (χ3v) is 9.36. The van der Waals surface area contributed by atoms with Crippen LogP contribution in [-0.4, -0.2) is 19.7 Å². The van der Waals surface area contributed by atoms with Crippen molar-refractivity contribution < 1.29 is 13.2 Å². The highest BCUT2D eigenvalue weighted by atomic mass is 19.4. The molecule has 7 heteroatoms. The lowest BCUT2D eigenvalue weighted by Gasteiger charge is -2.32. The summed E-state index contributed by atoms with van der Waals surface area (Å²) in [5.41, 5.74) is 11.0. The number of hydrogen-bond donors (Lipinski definition) is 1. The maximum absolute atomic E-state index is 13.4. The van der Waals surface area contributed by atoms with Gasteiger partial charge in [-0.2, -0.15) is 18.3 Å². The van der Waals surface area contributed by atoms with Crippen molar-refractivity contribution in [2.75, 3.05) is 0 Å². The van der Waals surface area contributed by atoms with Gasteiger partial charge in [-0.15, -0.1) is 0 Å². The molecule has 1 aliphatic heterocycles. The number of aromatic amines is 1. The average Bonchev–Trinajstić information content (AvgIpc) is 3.67. The Kier molecular flexibility index (Phi) is 7.28. The molecule has 0 bridgehead atoms. The molecule has 43 heavy (non-hydrogen) atoms. The molecule has 0 aliphatic carbocycles. The van der Waals surface area contributed by atoms with E-state index >= 15 is 0 Å². The predicted octanol–water partition coefficient (Wildman–Crippen LogP) is 9.29. The standard InChI is InChI=1S/C36H39F3N4/c1-7-23-14-16-29(28-17-18-40-31(23)28)33-30-21-42(20-26-13-15-27(19-22(26)4)36(37,38)39)35(5,6)34(30)41-43(33)32-24(8-2)11-10-12-25(32)9-3/h10-19,40H,7-9,20-21H2,1-6H3. The van der Waals surface area contributed by atoms with Gasteiger partial charge in [0.1, 0.15) is 0 Å². The number of aryl methyl sites for hydroxylation is 4. The fourth-order valence-corrected chi connectivity index (χ4v) is 6.78. The molecule has 1 N–H and O–H groups in total.